The molecule has 9 nitrogen and oxygen atoms in total. The molecule has 5 aromatic rings. The Morgan fingerprint density at radius 1 is 0.787 bits per heavy atom. The highest BCUT2D eigenvalue weighted by Crippen LogP contribution is 2.44. The van der Waals surface area contributed by atoms with Crippen molar-refractivity contribution in [3.63, 3.8) is 0 Å². The Morgan fingerprint density at radius 3 is 1.72 bits per heavy atom. The van der Waals surface area contributed by atoms with Gasteiger partial charge in [-0.3, -0.25) is 9.63 Å². The van der Waals surface area contributed by atoms with Crippen molar-refractivity contribution < 1.29 is 31.2 Å². The number of piperazine rings is 1. The summed E-state index contributed by atoms with van der Waals surface area (Å²) in [4.78, 5) is 20.1. The zero-order valence-corrected chi connectivity index (χ0v) is 26.4. The van der Waals surface area contributed by atoms with Crippen molar-refractivity contribution in [3.05, 3.63) is 131 Å². The van der Waals surface area contributed by atoms with Gasteiger partial charge < -0.3 is 4.90 Å². The average Bonchev–Trinajstić information content (AvgIpc) is 3.48. The van der Waals surface area contributed by atoms with Gasteiger partial charge in [-0.1, -0.05) is 91.0 Å². The maximum absolute atomic E-state index is 13.4. The van der Waals surface area contributed by atoms with E-state index in [1.807, 2.05) is 95.7 Å². The molecule has 1 amide bonds. The van der Waals surface area contributed by atoms with Crippen LogP contribution >= 0.6 is 0 Å². The van der Waals surface area contributed by atoms with Gasteiger partial charge in [-0.05, 0) is 34.9 Å². The fourth-order valence-corrected chi connectivity index (χ4v) is 7.12. The minimum absolute atomic E-state index is 0.0490. The maximum Gasteiger partial charge on any atom is 0.511 e. The standard InChI is InChI=1S/C34H32F3N5O4S/c1-39(46-2)32(43)25-18-19-30-29(24-25)31(40-20-22-41(23-21-40)47(44,45)34(35,36)37)38-42(30)33(26-12-6-3-7-13-26,27-14-8-4-9-15-27)28-16-10-5-11-17-28/h3-19,24H,20-23H2,1-2H3. The van der Waals surface area contributed by atoms with Crippen LogP contribution in [0, 0.1) is 0 Å². The third-order valence-electron chi connectivity index (χ3n) is 8.53. The number of hydrogen-bond donors (Lipinski definition) is 0. The molecular formula is C34H32F3N5O4S. The molecule has 6 rings (SSSR count). The van der Waals surface area contributed by atoms with Crippen LogP contribution in [-0.2, 0) is 20.4 Å². The number of sulfonamides is 1. The molecule has 1 aliphatic rings. The fraction of sp³-hybridized carbons (Fsp3) is 0.235. The van der Waals surface area contributed by atoms with E-state index in [9.17, 15) is 26.4 Å². The second-order valence-electron chi connectivity index (χ2n) is 11.1. The SMILES string of the molecule is CON(C)C(=O)c1ccc2c(c1)c(N1CCN(S(=O)(=O)C(F)(F)F)CC1)nn2C(c1ccccc1)(c1ccccc1)c1ccccc1. The number of fused-ring (bicyclic) bond motifs is 1. The Kier molecular flexibility index (Phi) is 8.55. The summed E-state index contributed by atoms with van der Waals surface area (Å²) in [5.74, 6) is 0.000533. The molecule has 47 heavy (non-hydrogen) atoms. The third kappa shape index (κ3) is 5.53. The van der Waals surface area contributed by atoms with Crippen LogP contribution in [0.5, 0.6) is 0 Å². The lowest BCUT2D eigenvalue weighted by atomic mass is 9.77. The van der Waals surface area contributed by atoms with Gasteiger partial charge in [-0.2, -0.15) is 22.6 Å². The van der Waals surface area contributed by atoms with E-state index >= 15 is 0 Å². The van der Waals surface area contributed by atoms with Crippen molar-refractivity contribution in [2.24, 2.45) is 0 Å². The normalized spacial score (nSPS) is 14.8. The Bertz CT molecular complexity index is 1880. The molecule has 0 aliphatic carbocycles. The zero-order chi connectivity index (χ0) is 33.4. The van der Waals surface area contributed by atoms with E-state index < -0.39 is 27.0 Å². The maximum atomic E-state index is 13.4. The molecule has 0 bridgehead atoms. The van der Waals surface area contributed by atoms with Crippen LogP contribution in [0.1, 0.15) is 27.0 Å². The molecule has 0 spiro atoms. The van der Waals surface area contributed by atoms with Crippen molar-refractivity contribution in [2.75, 3.05) is 45.2 Å². The van der Waals surface area contributed by atoms with Gasteiger partial charge in [0.05, 0.1) is 12.6 Å². The van der Waals surface area contributed by atoms with Gasteiger partial charge in [0.25, 0.3) is 5.91 Å². The fourth-order valence-electron chi connectivity index (χ4n) is 6.18. The summed E-state index contributed by atoms with van der Waals surface area (Å²) >= 11 is 0. The number of hydrogen-bond acceptors (Lipinski definition) is 6. The van der Waals surface area contributed by atoms with Crippen LogP contribution in [0.25, 0.3) is 10.9 Å². The molecule has 4 aromatic carbocycles. The molecule has 1 fully saturated rings. The van der Waals surface area contributed by atoms with E-state index in [0.29, 0.717) is 26.6 Å². The highest BCUT2D eigenvalue weighted by Gasteiger charge is 2.50. The van der Waals surface area contributed by atoms with Crippen LogP contribution in [0.15, 0.2) is 109 Å². The molecule has 0 N–H and O–H groups in total. The lowest BCUT2D eigenvalue weighted by Gasteiger charge is -2.37. The zero-order valence-electron chi connectivity index (χ0n) is 25.6. The number of carbonyl (C=O) groups excluding carboxylic acids is 1. The first-order valence-electron chi connectivity index (χ1n) is 14.8. The number of amides is 1. The quantitative estimate of drug-likeness (QED) is 0.162. The van der Waals surface area contributed by atoms with Gasteiger partial charge in [0.1, 0.15) is 5.54 Å². The molecule has 2 heterocycles. The molecule has 1 aromatic heterocycles. The average molecular weight is 664 g/mol. The lowest BCUT2D eigenvalue weighted by molar-refractivity contribution is -0.0756. The van der Waals surface area contributed by atoms with E-state index in [1.165, 1.54) is 14.2 Å². The molecule has 13 heteroatoms. The van der Waals surface area contributed by atoms with Crippen LogP contribution in [-0.4, -0.2) is 79.3 Å². The molecule has 244 valence electrons. The molecule has 0 saturated carbocycles. The Morgan fingerprint density at radius 2 is 1.28 bits per heavy atom. The number of carbonyl (C=O) groups is 1. The summed E-state index contributed by atoms with van der Waals surface area (Å²) in [5, 5.41) is 6.87. The Labute approximate surface area is 270 Å². The van der Waals surface area contributed by atoms with Crippen LogP contribution < -0.4 is 4.90 Å². The summed E-state index contributed by atoms with van der Waals surface area (Å²) in [6, 6.07) is 34.7. The van der Waals surface area contributed by atoms with Gasteiger partial charge in [0, 0.05) is 44.2 Å². The predicted molar refractivity (Wildman–Crippen MR) is 172 cm³/mol. The van der Waals surface area contributed by atoms with Gasteiger partial charge in [-0.15, -0.1) is 0 Å². The van der Waals surface area contributed by atoms with Crippen molar-refractivity contribution in [2.45, 2.75) is 11.0 Å². The van der Waals surface area contributed by atoms with E-state index in [1.54, 1.807) is 23.1 Å². The third-order valence-corrected chi connectivity index (χ3v) is 10.2. The first kappa shape index (κ1) is 32.2. The summed E-state index contributed by atoms with van der Waals surface area (Å²) in [5.41, 5.74) is -2.77. The van der Waals surface area contributed by atoms with Crippen LogP contribution in [0.4, 0.5) is 19.0 Å². The number of aromatic nitrogens is 2. The number of benzene rings is 4. The molecule has 1 aliphatic heterocycles. The minimum Gasteiger partial charge on any atom is -0.352 e. The molecular weight excluding hydrogens is 631 g/mol. The summed E-state index contributed by atoms with van der Waals surface area (Å²) < 4.78 is 66.8. The monoisotopic (exact) mass is 663 g/mol. The first-order valence-corrected chi connectivity index (χ1v) is 16.3. The van der Waals surface area contributed by atoms with Gasteiger partial charge >= 0.3 is 15.5 Å². The van der Waals surface area contributed by atoms with Crippen LogP contribution in [0.2, 0.25) is 0 Å². The minimum atomic E-state index is -5.49. The largest absolute Gasteiger partial charge is 0.511 e. The van der Waals surface area contributed by atoms with Gasteiger partial charge in [0.2, 0.25) is 0 Å². The number of nitrogens with zero attached hydrogens (tertiary/aromatic N) is 5. The summed E-state index contributed by atoms with van der Waals surface area (Å²) in [6.45, 7) is -0.871. The van der Waals surface area contributed by atoms with Crippen molar-refractivity contribution >= 4 is 32.7 Å². The van der Waals surface area contributed by atoms with Gasteiger partial charge in [0.15, 0.2) is 5.82 Å². The number of halogens is 3. The van der Waals surface area contributed by atoms with Crippen molar-refractivity contribution in [3.8, 4) is 0 Å². The van der Waals surface area contributed by atoms with Crippen molar-refractivity contribution in [1.29, 1.82) is 0 Å². The topological polar surface area (TPSA) is 88.0 Å². The van der Waals surface area contributed by atoms with E-state index in [4.69, 9.17) is 9.94 Å². The van der Waals surface area contributed by atoms with E-state index in [0.717, 1.165) is 21.8 Å². The molecule has 0 unspecified atom stereocenters. The highest BCUT2D eigenvalue weighted by atomic mass is 32.2. The van der Waals surface area contributed by atoms with E-state index in [2.05, 4.69) is 0 Å². The predicted octanol–water partition coefficient (Wildman–Crippen LogP) is 5.48. The molecule has 0 atom stereocenters. The highest BCUT2D eigenvalue weighted by molar-refractivity contribution is 7.90. The number of anilines is 1. The second kappa shape index (κ2) is 12.5. The number of rotatable bonds is 8. The lowest BCUT2D eigenvalue weighted by Crippen LogP contribution is -2.52. The Hall–Kier alpha value is -4.72. The van der Waals surface area contributed by atoms with Crippen molar-refractivity contribution in [1.82, 2.24) is 19.1 Å². The summed E-state index contributed by atoms with van der Waals surface area (Å²) in [6.07, 6.45) is 0. The Balaban J connectivity index is 1.61. The van der Waals surface area contributed by atoms with E-state index in [-0.39, 0.29) is 26.2 Å². The number of alkyl halides is 3. The molecule has 1 saturated heterocycles. The first-order chi connectivity index (χ1) is 22.5. The summed E-state index contributed by atoms with van der Waals surface area (Å²) in [7, 11) is -2.62. The second-order valence-corrected chi connectivity index (χ2v) is 13.0. The van der Waals surface area contributed by atoms with Gasteiger partial charge in [-0.25, -0.2) is 18.2 Å². The van der Waals surface area contributed by atoms with Crippen LogP contribution in [0.3, 0.4) is 0 Å². The smallest absolute Gasteiger partial charge is 0.352 e. The molecule has 0 radical (unpaired) electrons. The number of hydroxylamine groups is 2.